The van der Waals surface area contributed by atoms with Crippen molar-refractivity contribution in [2.24, 2.45) is 5.92 Å². The fourth-order valence-corrected chi connectivity index (χ4v) is 3.26. The highest BCUT2D eigenvalue weighted by molar-refractivity contribution is 6.33. The van der Waals surface area contributed by atoms with Crippen molar-refractivity contribution in [3.8, 4) is 0 Å². The molecule has 4 heteroatoms. The zero-order valence-corrected chi connectivity index (χ0v) is 13.3. The molecule has 1 aromatic rings. The Labute approximate surface area is 126 Å². The summed E-state index contributed by atoms with van der Waals surface area (Å²) in [5.74, 6) is 0.407. The summed E-state index contributed by atoms with van der Waals surface area (Å²) in [5.41, 5.74) is 0.566. The van der Waals surface area contributed by atoms with Crippen molar-refractivity contribution in [3.63, 3.8) is 0 Å². The molecule has 2 unspecified atom stereocenters. The van der Waals surface area contributed by atoms with Gasteiger partial charge in [-0.1, -0.05) is 38.4 Å². The Balaban J connectivity index is 2.25. The van der Waals surface area contributed by atoms with Crippen LogP contribution in [0, 0.1) is 11.7 Å². The van der Waals surface area contributed by atoms with Gasteiger partial charge in [-0.15, -0.1) is 0 Å². The van der Waals surface area contributed by atoms with Gasteiger partial charge in [0.05, 0.1) is 10.7 Å². The highest BCUT2D eigenvalue weighted by Crippen LogP contribution is 2.32. The topological polar surface area (TPSA) is 15.3 Å². The molecule has 0 spiro atoms. The predicted molar refractivity (Wildman–Crippen MR) is 84.1 cm³/mol. The van der Waals surface area contributed by atoms with Crippen molar-refractivity contribution in [1.82, 2.24) is 5.32 Å². The third kappa shape index (κ3) is 3.44. The largest absolute Gasteiger partial charge is 0.362 e. The lowest BCUT2D eigenvalue weighted by atomic mass is 9.98. The van der Waals surface area contributed by atoms with E-state index in [1.807, 2.05) is 0 Å². The Kier molecular flexibility index (Phi) is 5.28. The maximum absolute atomic E-state index is 14.2. The molecule has 1 saturated heterocycles. The first-order chi connectivity index (χ1) is 9.52. The number of para-hydroxylation sites is 1. The molecule has 1 fully saturated rings. The number of halogens is 2. The molecule has 1 aromatic carbocycles. The second kappa shape index (κ2) is 6.77. The average molecular weight is 299 g/mol. The Morgan fingerprint density at radius 3 is 2.80 bits per heavy atom. The second-order valence-electron chi connectivity index (χ2n) is 6.02. The summed E-state index contributed by atoms with van der Waals surface area (Å²) >= 11 is 6.24. The summed E-state index contributed by atoms with van der Waals surface area (Å²) in [4.78, 5) is 2.15. The molecule has 1 aliphatic rings. The second-order valence-corrected chi connectivity index (χ2v) is 6.43. The van der Waals surface area contributed by atoms with Crippen LogP contribution in [0.3, 0.4) is 0 Å². The minimum atomic E-state index is -0.221. The standard InChI is InChI=1S/C16H24ClFN2/c1-4-13-9-19-12(8-11(2)3)10-20(13)16-14(17)6-5-7-15(16)18/h5-7,11-13,19H,4,8-10H2,1-3H3. The van der Waals surface area contributed by atoms with Gasteiger partial charge in [0.15, 0.2) is 0 Å². The molecule has 2 atom stereocenters. The van der Waals surface area contributed by atoms with E-state index in [4.69, 9.17) is 11.6 Å². The van der Waals surface area contributed by atoms with Crippen LogP contribution < -0.4 is 10.2 Å². The van der Waals surface area contributed by atoms with Gasteiger partial charge in [-0.25, -0.2) is 4.39 Å². The smallest absolute Gasteiger partial charge is 0.148 e. The molecule has 20 heavy (non-hydrogen) atoms. The average Bonchev–Trinajstić information content (AvgIpc) is 2.38. The lowest BCUT2D eigenvalue weighted by molar-refractivity contribution is 0.341. The summed E-state index contributed by atoms with van der Waals surface area (Å²) in [6.45, 7) is 8.27. The van der Waals surface area contributed by atoms with Crippen molar-refractivity contribution in [2.75, 3.05) is 18.0 Å². The fourth-order valence-electron chi connectivity index (χ4n) is 2.99. The number of nitrogens with zero attached hydrogens (tertiary/aromatic N) is 1. The van der Waals surface area contributed by atoms with Crippen LogP contribution in [-0.2, 0) is 0 Å². The number of rotatable bonds is 4. The first-order valence-electron chi connectivity index (χ1n) is 7.47. The van der Waals surface area contributed by atoms with Crippen molar-refractivity contribution >= 4 is 17.3 Å². The SMILES string of the molecule is CCC1CNC(CC(C)C)CN1c1c(F)cccc1Cl. The quantitative estimate of drug-likeness (QED) is 0.901. The molecule has 1 aliphatic heterocycles. The van der Waals surface area contributed by atoms with Crippen LogP contribution in [0.2, 0.25) is 5.02 Å². The van der Waals surface area contributed by atoms with Gasteiger partial charge < -0.3 is 10.2 Å². The van der Waals surface area contributed by atoms with Gasteiger partial charge in [0.2, 0.25) is 0 Å². The Bertz CT molecular complexity index is 430. The Morgan fingerprint density at radius 1 is 1.45 bits per heavy atom. The normalized spacial score (nSPS) is 23.4. The molecule has 0 aliphatic carbocycles. The summed E-state index contributed by atoms with van der Waals surface area (Å²) in [5, 5.41) is 4.09. The van der Waals surface area contributed by atoms with Gasteiger partial charge in [0.1, 0.15) is 5.82 Å². The summed E-state index contributed by atoms with van der Waals surface area (Å²) < 4.78 is 14.2. The summed E-state index contributed by atoms with van der Waals surface area (Å²) in [6, 6.07) is 5.62. The van der Waals surface area contributed by atoms with Crippen LogP contribution in [0.1, 0.15) is 33.6 Å². The number of hydrogen-bond donors (Lipinski definition) is 1. The van der Waals surface area contributed by atoms with E-state index < -0.39 is 0 Å². The predicted octanol–water partition coefficient (Wildman–Crippen LogP) is 4.08. The monoisotopic (exact) mass is 298 g/mol. The lowest BCUT2D eigenvalue weighted by Crippen LogP contribution is -2.57. The molecule has 0 aromatic heterocycles. The van der Waals surface area contributed by atoms with Crippen LogP contribution in [0.25, 0.3) is 0 Å². The van der Waals surface area contributed by atoms with Gasteiger partial charge in [0, 0.05) is 25.2 Å². The van der Waals surface area contributed by atoms with Crippen molar-refractivity contribution < 1.29 is 4.39 Å². The molecule has 0 saturated carbocycles. The molecule has 2 nitrogen and oxygen atoms in total. The molecule has 0 bridgehead atoms. The number of nitrogens with one attached hydrogen (secondary N) is 1. The molecule has 1 N–H and O–H groups in total. The minimum absolute atomic E-state index is 0.221. The van der Waals surface area contributed by atoms with E-state index in [1.54, 1.807) is 12.1 Å². The van der Waals surface area contributed by atoms with Gasteiger partial charge in [-0.3, -0.25) is 0 Å². The molecular formula is C16H24ClFN2. The van der Waals surface area contributed by atoms with E-state index in [9.17, 15) is 4.39 Å². The van der Waals surface area contributed by atoms with Crippen LogP contribution >= 0.6 is 11.6 Å². The first kappa shape index (κ1) is 15.6. The van der Waals surface area contributed by atoms with E-state index in [0.29, 0.717) is 28.7 Å². The van der Waals surface area contributed by atoms with Crippen LogP contribution in [0.5, 0.6) is 0 Å². The van der Waals surface area contributed by atoms with Gasteiger partial charge in [-0.05, 0) is 30.9 Å². The van der Waals surface area contributed by atoms with Gasteiger partial charge >= 0.3 is 0 Å². The third-order valence-corrected chi connectivity index (χ3v) is 4.26. The van der Waals surface area contributed by atoms with E-state index in [-0.39, 0.29) is 5.82 Å². The van der Waals surface area contributed by atoms with E-state index in [2.05, 4.69) is 31.0 Å². The highest BCUT2D eigenvalue weighted by Gasteiger charge is 2.30. The van der Waals surface area contributed by atoms with Crippen LogP contribution in [0.4, 0.5) is 10.1 Å². The molecule has 0 radical (unpaired) electrons. The van der Waals surface area contributed by atoms with E-state index >= 15 is 0 Å². The zero-order valence-electron chi connectivity index (χ0n) is 12.5. The molecule has 0 amide bonds. The highest BCUT2D eigenvalue weighted by atomic mass is 35.5. The van der Waals surface area contributed by atoms with Crippen molar-refractivity contribution in [3.05, 3.63) is 29.0 Å². The van der Waals surface area contributed by atoms with Gasteiger partial charge in [0.25, 0.3) is 0 Å². The van der Waals surface area contributed by atoms with Crippen LogP contribution in [0.15, 0.2) is 18.2 Å². The molecule has 112 valence electrons. The van der Waals surface area contributed by atoms with Crippen molar-refractivity contribution in [1.29, 1.82) is 0 Å². The maximum Gasteiger partial charge on any atom is 0.148 e. The summed E-state index contributed by atoms with van der Waals surface area (Å²) in [6.07, 6.45) is 2.07. The Morgan fingerprint density at radius 2 is 2.20 bits per heavy atom. The zero-order chi connectivity index (χ0) is 14.7. The summed E-state index contributed by atoms with van der Waals surface area (Å²) in [7, 11) is 0. The maximum atomic E-state index is 14.2. The number of piperazine rings is 1. The molecular weight excluding hydrogens is 275 g/mol. The minimum Gasteiger partial charge on any atom is -0.362 e. The fraction of sp³-hybridized carbons (Fsp3) is 0.625. The molecule has 2 rings (SSSR count). The Hall–Kier alpha value is -0.800. The van der Waals surface area contributed by atoms with E-state index in [1.165, 1.54) is 6.07 Å². The van der Waals surface area contributed by atoms with Gasteiger partial charge in [-0.2, -0.15) is 0 Å². The molecule has 1 heterocycles. The lowest BCUT2D eigenvalue weighted by Gasteiger charge is -2.42. The van der Waals surface area contributed by atoms with Crippen molar-refractivity contribution in [2.45, 2.75) is 45.7 Å². The van der Waals surface area contributed by atoms with E-state index in [0.717, 1.165) is 25.9 Å². The van der Waals surface area contributed by atoms with Crippen LogP contribution in [-0.4, -0.2) is 25.2 Å². The first-order valence-corrected chi connectivity index (χ1v) is 7.84. The number of hydrogen-bond acceptors (Lipinski definition) is 2. The number of anilines is 1. The number of benzene rings is 1. The third-order valence-electron chi connectivity index (χ3n) is 3.95.